The number of nitrogens with one attached hydrogen (secondary N) is 1. The number of halogens is 1. The van der Waals surface area contributed by atoms with E-state index in [0.717, 1.165) is 18.8 Å². The maximum absolute atomic E-state index is 11.8. The zero-order chi connectivity index (χ0) is 15.5. The standard InChI is InChI=1S/C13H20N4O3S.ClH/c1-15-10-13(18)17-8-6-16(7-9-17)11-2-4-12(5-3-11)21(14,19)20;/h2-5,15H,6-10H2,1H3,(H2,14,19,20);1H. The Bertz CT molecular complexity index is 598. The summed E-state index contributed by atoms with van der Waals surface area (Å²) in [6.07, 6.45) is 0. The first kappa shape index (κ1) is 18.7. The van der Waals surface area contributed by atoms with E-state index in [1.54, 1.807) is 19.2 Å². The number of anilines is 1. The van der Waals surface area contributed by atoms with Gasteiger partial charge in [-0.25, -0.2) is 13.6 Å². The van der Waals surface area contributed by atoms with Crippen LogP contribution >= 0.6 is 12.4 Å². The predicted molar refractivity (Wildman–Crippen MR) is 87.8 cm³/mol. The third-order valence-corrected chi connectivity index (χ3v) is 4.42. The number of rotatable bonds is 4. The van der Waals surface area contributed by atoms with Crippen LogP contribution in [-0.4, -0.2) is 59.0 Å². The normalized spacial score (nSPS) is 15.4. The second-order valence-corrected chi connectivity index (χ2v) is 6.50. The van der Waals surface area contributed by atoms with Crippen molar-refractivity contribution in [2.24, 2.45) is 5.14 Å². The largest absolute Gasteiger partial charge is 0.368 e. The summed E-state index contributed by atoms with van der Waals surface area (Å²) in [4.78, 5) is 15.8. The van der Waals surface area contributed by atoms with Gasteiger partial charge in [0.05, 0.1) is 11.4 Å². The zero-order valence-corrected chi connectivity index (χ0v) is 14.0. The van der Waals surface area contributed by atoms with Crippen molar-refractivity contribution in [3.63, 3.8) is 0 Å². The van der Waals surface area contributed by atoms with E-state index < -0.39 is 10.0 Å². The van der Waals surface area contributed by atoms with E-state index in [9.17, 15) is 13.2 Å². The molecular formula is C13H21ClN4O3S. The SMILES string of the molecule is CNCC(=O)N1CCN(c2ccc(S(N)(=O)=O)cc2)CC1.Cl. The molecule has 0 aromatic heterocycles. The van der Waals surface area contributed by atoms with E-state index >= 15 is 0 Å². The summed E-state index contributed by atoms with van der Waals surface area (Å²) in [7, 11) is -1.90. The highest BCUT2D eigenvalue weighted by molar-refractivity contribution is 7.89. The van der Waals surface area contributed by atoms with Gasteiger partial charge in [-0.15, -0.1) is 12.4 Å². The highest BCUT2D eigenvalue weighted by atomic mass is 35.5. The van der Waals surface area contributed by atoms with Crippen LogP contribution in [0.25, 0.3) is 0 Å². The Morgan fingerprint density at radius 3 is 2.18 bits per heavy atom. The minimum atomic E-state index is -3.65. The fraction of sp³-hybridized carbons (Fsp3) is 0.462. The number of carbonyl (C=O) groups excluding carboxylic acids is 1. The number of hydrogen-bond acceptors (Lipinski definition) is 5. The number of likely N-dealkylation sites (N-methyl/N-ethyl adjacent to an activating group) is 1. The van der Waals surface area contributed by atoms with Crippen molar-refractivity contribution in [2.45, 2.75) is 4.90 Å². The van der Waals surface area contributed by atoms with E-state index in [0.29, 0.717) is 19.6 Å². The van der Waals surface area contributed by atoms with Gasteiger partial charge in [0.15, 0.2) is 0 Å². The molecule has 1 aromatic rings. The molecule has 1 heterocycles. The van der Waals surface area contributed by atoms with E-state index in [-0.39, 0.29) is 23.2 Å². The molecule has 2 rings (SSSR count). The number of benzene rings is 1. The van der Waals surface area contributed by atoms with Gasteiger partial charge in [-0.1, -0.05) is 0 Å². The number of amides is 1. The first-order valence-corrected chi connectivity index (χ1v) is 8.26. The number of hydrogen-bond donors (Lipinski definition) is 2. The molecule has 0 atom stereocenters. The van der Waals surface area contributed by atoms with Crippen molar-refractivity contribution in [2.75, 3.05) is 44.7 Å². The molecule has 0 radical (unpaired) electrons. The fourth-order valence-corrected chi connectivity index (χ4v) is 2.84. The molecule has 0 saturated carbocycles. The molecule has 0 spiro atoms. The predicted octanol–water partition coefficient (Wildman–Crippen LogP) is -0.376. The fourth-order valence-electron chi connectivity index (χ4n) is 2.32. The second kappa shape index (κ2) is 7.77. The maximum atomic E-state index is 11.8. The minimum Gasteiger partial charge on any atom is -0.368 e. The summed E-state index contributed by atoms with van der Waals surface area (Å²) < 4.78 is 22.4. The van der Waals surface area contributed by atoms with E-state index in [1.807, 2.05) is 4.90 Å². The Morgan fingerprint density at radius 1 is 1.18 bits per heavy atom. The van der Waals surface area contributed by atoms with Gasteiger partial charge in [-0.2, -0.15) is 0 Å². The van der Waals surface area contributed by atoms with Gasteiger partial charge in [-0.05, 0) is 31.3 Å². The average molecular weight is 349 g/mol. The number of piperazine rings is 1. The van der Waals surface area contributed by atoms with Crippen molar-refractivity contribution in [1.82, 2.24) is 10.2 Å². The number of nitrogens with zero attached hydrogens (tertiary/aromatic N) is 2. The van der Waals surface area contributed by atoms with E-state index in [1.165, 1.54) is 12.1 Å². The summed E-state index contributed by atoms with van der Waals surface area (Å²) in [5.41, 5.74) is 0.933. The highest BCUT2D eigenvalue weighted by Crippen LogP contribution is 2.18. The molecule has 9 heteroatoms. The van der Waals surface area contributed by atoms with Crippen LogP contribution in [0.2, 0.25) is 0 Å². The maximum Gasteiger partial charge on any atom is 0.238 e. The van der Waals surface area contributed by atoms with Crippen LogP contribution in [0, 0.1) is 0 Å². The number of nitrogens with two attached hydrogens (primary N) is 1. The van der Waals surface area contributed by atoms with Crippen LogP contribution < -0.4 is 15.4 Å². The van der Waals surface area contributed by atoms with Gasteiger partial charge in [0.25, 0.3) is 0 Å². The molecule has 1 aliphatic heterocycles. The topological polar surface area (TPSA) is 95.7 Å². The van der Waals surface area contributed by atoms with Gasteiger partial charge in [0.1, 0.15) is 0 Å². The Kier molecular flexibility index (Phi) is 6.61. The smallest absolute Gasteiger partial charge is 0.238 e. The minimum absolute atomic E-state index is 0. The molecule has 0 unspecified atom stereocenters. The number of sulfonamides is 1. The van der Waals surface area contributed by atoms with Crippen molar-refractivity contribution >= 4 is 34.0 Å². The molecule has 7 nitrogen and oxygen atoms in total. The molecule has 0 aliphatic carbocycles. The third-order valence-electron chi connectivity index (χ3n) is 3.49. The van der Waals surface area contributed by atoms with Crippen molar-refractivity contribution < 1.29 is 13.2 Å². The number of carbonyl (C=O) groups is 1. The lowest BCUT2D eigenvalue weighted by Gasteiger charge is -2.36. The molecule has 124 valence electrons. The van der Waals surface area contributed by atoms with Crippen LogP contribution in [-0.2, 0) is 14.8 Å². The van der Waals surface area contributed by atoms with Crippen LogP contribution in [0.5, 0.6) is 0 Å². The van der Waals surface area contributed by atoms with Crippen molar-refractivity contribution in [3.05, 3.63) is 24.3 Å². The van der Waals surface area contributed by atoms with Gasteiger partial charge in [0.2, 0.25) is 15.9 Å². The van der Waals surface area contributed by atoms with Gasteiger partial charge in [-0.3, -0.25) is 4.79 Å². The molecular weight excluding hydrogens is 328 g/mol. The Hall–Kier alpha value is -1.35. The van der Waals surface area contributed by atoms with Crippen LogP contribution in [0.3, 0.4) is 0 Å². The zero-order valence-electron chi connectivity index (χ0n) is 12.4. The molecule has 1 aliphatic rings. The van der Waals surface area contributed by atoms with Crippen LogP contribution in [0.4, 0.5) is 5.69 Å². The first-order chi connectivity index (χ1) is 9.91. The lowest BCUT2D eigenvalue weighted by Crippen LogP contribution is -2.50. The summed E-state index contributed by atoms with van der Waals surface area (Å²) in [6.45, 7) is 3.13. The quantitative estimate of drug-likeness (QED) is 0.773. The lowest BCUT2D eigenvalue weighted by molar-refractivity contribution is -0.130. The molecule has 3 N–H and O–H groups in total. The number of primary sulfonamides is 1. The monoisotopic (exact) mass is 348 g/mol. The first-order valence-electron chi connectivity index (χ1n) is 6.72. The Morgan fingerprint density at radius 2 is 1.73 bits per heavy atom. The molecule has 1 amide bonds. The van der Waals surface area contributed by atoms with E-state index in [4.69, 9.17) is 5.14 Å². The second-order valence-electron chi connectivity index (χ2n) is 4.94. The van der Waals surface area contributed by atoms with Crippen LogP contribution in [0.1, 0.15) is 0 Å². The van der Waals surface area contributed by atoms with Crippen LogP contribution in [0.15, 0.2) is 29.2 Å². The van der Waals surface area contributed by atoms with Gasteiger partial charge in [0, 0.05) is 31.9 Å². The molecule has 1 saturated heterocycles. The summed E-state index contributed by atoms with van der Waals surface area (Å²) in [5, 5.41) is 7.93. The summed E-state index contributed by atoms with van der Waals surface area (Å²) in [6, 6.07) is 6.49. The lowest BCUT2D eigenvalue weighted by atomic mass is 10.2. The highest BCUT2D eigenvalue weighted by Gasteiger charge is 2.20. The summed E-state index contributed by atoms with van der Waals surface area (Å²) in [5.74, 6) is 0.0988. The van der Waals surface area contributed by atoms with Crippen molar-refractivity contribution in [1.29, 1.82) is 0 Å². The van der Waals surface area contributed by atoms with E-state index in [2.05, 4.69) is 10.2 Å². The average Bonchev–Trinajstić information content (AvgIpc) is 2.47. The third kappa shape index (κ3) is 4.57. The summed E-state index contributed by atoms with van der Waals surface area (Å²) >= 11 is 0. The molecule has 0 bridgehead atoms. The van der Waals surface area contributed by atoms with Gasteiger partial charge >= 0.3 is 0 Å². The van der Waals surface area contributed by atoms with Crippen molar-refractivity contribution in [3.8, 4) is 0 Å². The molecule has 22 heavy (non-hydrogen) atoms. The van der Waals surface area contributed by atoms with Gasteiger partial charge < -0.3 is 15.1 Å². The Labute approximate surface area is 136 Å². The molecule has 1 aromatic carbocycles. The Balaban J connectivity index is 0.00000242. The molecule has 1 fully saturated rings.